The molecule has 1 fully saturated rings. The van der Waals surface area contributed by atoms with E-state index in [2.05, 4.69) is 18.7 Å². The first-order chi connectivity index (χ1) is 4.24. The summed E-state index contributed by atoms with van der Waals surface area (Å²) in [4.78, 5) is 2.30. The van der Waals surface area contributed by atoms with Gasteiger partial charge in [0.1, 0.15) is 0 Å². The van der Waals surface area contributed by atoms with Gasteiger partial charge in [-0.25, -0.2) is 0 Å². The van der Waals surface area contributed by atoms with Crippen LogP contribution in [0.25, 0.3) is 0 Å². The molecule has 0 aromatic rings. The van der Waals surface area contributed by atoms with E-state index < -0.39 is 0 Å². The minimum atomic E-state index is 0.298. The Labute approximate surface area is 56.5 Å². The highest BCUT2D eigenvalue weighted by atomic mass is 16.3. The van der Waals surface area contributed by atoms with E-state index in [9.17, 15) is 0 Å². The summed E-state index contributed by atoms with van der Waals surface area (Å²) in [5.41, 5.74) is 0. The second kappa shape index (κ2) is 2.67. The highest BCUT2D eigenvalue weighted by Gasteiger charge is 2.25. The first kappa shape index (κ1) is 7.03. The van der Waals surface area contributed by atoms with Crippen molar-refractivity contribution < 1.29 is 5.11 Å². The molecule has 0 radical (unpaired) electrons. The van der Waals surface area contributed by atoms with Crippen molar-refractivity contribution in [2.75, 3.05) is 19.7 Å². The second-order valence-electron chi connectivity index (χ2n) is 3.09. The number of hydrogen-bond acceptors (Lipinski definition) is 2. The first-order valence-corrected chi connectivity index (χ1v) is 3.59. The number of aliphatic hydroxyl groups excluding tert-OH is 1. The van der Waals surface area contributed by atoms with Crippen molar-refractivity contribution in [3.05, 3.63) is 0 Å². The predicted octanol–water partition coefficient (Wildman–Crippen LogP) is 0.319. The average Bonchev–Trinajstić information content (AvgIpc) is 1.79. The Balaban J connectivity index is 2.15. The van der Waals surface area contributed by atoms with Gasteiger partial charge in [-0.1, -0.05) is 6.92 Å². The van der Waals surface area contributed by atoms with E-state index in [-0.39, 0.29) is 0 Å². The fourth-order valence-electron chi connectivity index (χ4n) is 1.22. The normalized spacial score (nSPS) is 25.7. The molecular weight excluding hydrogens is 114 g/mol. The van der Waals surface area contributed by atoms with E-state index in [1.165, 1.54) is 13.1 Å². The minimum absolute atomic E-state index is 0.298. The molecule has 1 atom stereocenters. The van der Waals surface area contributed by atoms with Crippen LogP contribution < -0.4 is 0 Å². The van der Waals surface area contributed by atoms with Crippen molar-refractivity contribution in [2.24, 2.45) is 5.92 Å². The Bertz CT molecular complexity index is 88.9. The lowest BCUT2D eigenvalue weighted by molar-refractivity contribution is 0.0405. The maximum atomic E-state index is 8.71. The largest absolute Gasteiger partial charge is 0.395 e. The first-order valence-electron chi connectivity index (χ1n) is 3.59. The third-order valence-corrected chi connectivity index (χ3v) is 1.98. The fourth-order valence-corrected chi connectivity index (χ4v) is 1.22. The number of rotatable bonds is 2. The maximum Gasteiger partial charge on any atom is 0.0584 e. The summed E-state index contributed by atoms with van der Waals surface area (Å²) in [6, 6.07) is 0.376. The summed E-state index contributed by atoms with van der Waals surface area (Å²) >= 11 is 0. The van der Waals surface area contributed by atoms with E-state index >= 15 is 0 Å². The van der Waals surface area contributed by atoms with Gasteiger partial charge in [-0.2, -0.15) is 0 Å². The third kappa shape index (κ3) is 1.43. The number of hydrogen-bond donors (Lipinski definition) is 1. The van der Waals surface area contributed by atoms with Gasteiger partial charge < -0.3 is 5.11 Å². The standard InChI is InChI=1S/C7H15NO/c1-6-3-8(4-6)7(2)5-9/h6-7,9H,3-5H2,1-2H3. The predicted molar refractivity (Wildman–Crippen MR) is 37.3 cm³/mol. The summed E-state index contributed by atoms with van der Waals surface area (Å²) in [7, 11) is 0. The summed E-state index contributed by atoms with van der Waals surface area (Å²) in [6.45, 7) is 6.93. The second-order valence-corrected chi connectivity index (χ2v) is 3.09. The molecule has 1 aliphatic rings. The van der Waals surface area contributed by atoms with Crippen LogP contribution in [0.3, 0.4) is 0 Å². The van der Waals surface area contributed by atoms with Gasteiger partial charge in [0.2, 0.25) is 0 Å². The lowest BCUT2D eigenvalue weighted by atomic mass is 10.0. The monoisotopic (exact) mass is 129 g/mol. The van der Waals surface area contributed by atoms with Gasteiger partial charge in [0, 0.05) is 19.1 Å². The summed E-state index contributed by atoms with van der Waals surface area (Å²) in [6.07, 6.45) is 0. The van der Waals surface area contributed by atoms with Crippen molar-refractivity contribution in [3.8, 4) is 0 Å². The zero-order valence-corrected chi connectivity index (χ0v) is 6.17. The molecule has 2 nitrogen and oxygen atoms in total. The molecule has 0 spiro atoms. The SMILES string of the molecule is CC1CN(C(C)CO)C1. The van der Waals surface area contributed by atoms with Crippen LogP contribution in [0.1, 0.15) is 13.8 Å². The van der Waals surface area contributed by atoms with Gasteiger partial charge in [0.05, 0.1) is 6.61 Å². The Morgan fingerprint density at radius 1 is 1.67 bits per heavy atom. The van der Waals surface area contributed by atoms with Gasteiger partial charge in [-0.3, -0.25) is 4.90 Å². The van der Waals surface area contributed by atoms with Crippen LogP contribution in [0, 0.1) is 5.92 Å². The van der Waals surface area contributed by atoms with Crippen molar-refractivity contribution in [2.45, 2.75) is 19.9 Å². The molecule has 0 amide bonds. The van der Waals surface area contributed by atoms with Crippen LogP contribution >= 0.6 is 0 Å². The molecule has 0 aromatic heterocycles. The summed E-state index contributed by atoms with van der Waals surface area (Å²) < 4.78 is 0. The summed E-state index contributed by atoms with van der Waals surface area (Å²) in [5, 5.41) is 8.71. The topological polar surface area (TPSA) is 23.5 Å². The molecule has 9 heavy (non-hydrogen) atoms. The molecule has 1 N–H and O–H groups in total. The Hall–Kier alpha value is -0.0800. The zero-order valence-electron chi connectivity index (χ0n) is 6.17. The molecule has 1 rings (SSSR count). The molecular formula is C7H15NO. The van der Waals surface area contributed by atoms with E-state index in [1.807, 2.05) is 0 Å². The van der Waals surface area contributed by atoms with E-state index in [1.54, 1.807) is 0 Å². The molecule has 1 saturated heterocycles. The van der Waals surface area contributed by atoms with Crippen LogP contribution in [0.5, 0.6) is 0 Å². The highest BCUT2D eigenvalue weighted by Crippen LogP contribution is 2.16. The van der Waals surface area contributed by atoms with Gasteiger partial charge in [-0.05, 0) is 12.8 Å². The van der Waals surface area contributed by atoms with Crippen molar-refractivity contribution >= 4 is 0 Å². The van der Waals surface area contributed by atoms with Crippen molar-refractivity contribution in [1.82, 2.24) is 4.90 Å². The van der Waals surface area contributed by atoms with Gasteiger partial charge in [0.25, 0.3) is 0 Å². The van der Waals surface area contributed by atoms with Crippen LogP contribution in [-0.2, 0) is 0 Å². The average molecular weight is 129 g/mol. The van der Waals surface area contributed by atoms with E-state index in [4.69, 9.17) is 5.11 Å². The fraction of sp³-hybridized carbons (Fsp3) is 1.00. The van der Waals surface area contributed by atoms with Gasteiger partial charge in [-0.15, -0.1) is 0 Å². The molecule has 0 bridgehead atoms. The van der Waals surface area contributed by atoms with Crippen LogP contribution in [0.2, 0.25) is 0 Å². The third-order valence-electron chi connectivity index (χ3n) is 1.98. The molecule has 1 unspecified atom stereocenters. The van der Waals surface area contributed by atoms with Crippen molar-refractivity contribution in [3.63, 3.8) is 0 Å². The van der Waals surface area contributed by atoms with Crippen LogP contribution in [0.4, 0.5) is 0 Å². The summed E-state index contributed by atoms with van der Waals surface area (Å²) in [5.74, 6) is 0.846. The number of nitrogens with zero attached hydrogens (tertiary/aromatic N) is 1. The Kier molecular flexibility index (Phi) is 2.09. The van der Waals surface area contributed by atoms with Gasteiger partial charge >= 0.3 is 0 Å². The zero-order chi connectivity index (χ0) is 6.85. The smallest absolute Gasteiger partial charge is 0.0584 e. The molecule has 2 heteroatoms. The van der Waals surface area contributed by atoms with Gasteiger partial charge in [0.15, 0.2) is 0 Å². The van der Waals surface area contributed by atoms with Crippen molar-refractivity contribution in [1.29, 1.82) is 0 Å². The maximum absolute atomic E-state index is 8.71. The minimum Gasteiger partial charge on any atom is -0.395 e. The lowest BCUT2D eigenvalue weighted by Gasteiger charge is -2.40. The van der Waals surface area contributed by atoms with Crippen LogP contribution in [-0.4, -0.2) is 35.7 Å². The van der Waals surface area contributed by atoms with E-state index in [0.29, 0.717) is 12.6 Å². The molecule has 0 aromatic carbocycles. The Morgan fingerprint density at radius 3 is 2.56 bits per heavy atom. The highest BCUT2D eigenvalue weighted by molar-refractivity contribution is 4.79. The van der Waals surface area contributed by atoms with E-state index in [0.717, 1.165) is 5.92 Å². The van der Waals surface area contributed by atoms with Crippen LogP contribution in [0.15, 0.2) is 0 Å². The Morgan fingerprint density at radius 2 is 2.22 bits per heavy atom. The lowest BCUT2D eigenvalue weighted by Crippen LogP contribution is -2.51. The molecule has 1 aliphatic heterocycles. The number of likely N-dealkylation sites (tertiary alicyclic amines) is 1. The molecule has 0 saturated carbocycles. The molecule has 0 aliphatic carbocycles. The number of aliphatic hydroxyl groups is 1. The molecule has 54 valence electrons. The molecule has 1 heterocycles. The quantitative estimate of drug-likeness (QED) is 0.580.